The zero-order valence-corrected chi connectivity index (χ0v) is 12.9. The number of benzene rings is 1. The second-order valence-corrected chi connectivity index (χ2v) is 5.35. The minimum Gasteiger partial charge on any atom is -0.383 e. The van der Waals surface area contributed by atoms with Gasteiger partial charge in [-0.15, -0.1) is 0 Å². The maximum atomic E-state index is 12.4. The van der Waals surface area contributed by atoms with Crippen LogP contribution in [0.3, 0.4) is 0 Å². The first-order chi connectivity index (χ1) is 10.7. The van der Waals surface area contributed by atoms with Gasteiger partial charge in [0.2, 0.25) is 0 Å². The minimum absolute atomic E-state index is 0.0102. The molecule has 0 bridgehead atoms. The van der Waals surface area contributed by atoms with Crippen LogP contribution in [0.25, 0.3) is 0 Å². The average molecular weight is 305 g/mol. The quantitative estimate of drug-likeness (QED) is 0.804. The first-order valence-electron chi connectivity index (χ1n) is 7.58. The first kappa shape index (κ1) is 16.3. The molecule has 2 rings (SSSR count). The van der Waals surface area contributed by atoms with Crippen molar-refractivity contribution in [3.8, 4) is 0 Å². The van der Waals surface area contributed by atoms with Crippen LogP contribution < -0.4 is 10.6 Å². The van der Waals surface area contributed by atoms with Crippen LogP contribution in [-0.4, -0.2) is 56.2 Å². The normalized spacial score (nSPS) is 17.9. The summed E-state index contributed by atoms with van der Waals surface area (Å²) in [6.45, 7) is 2.24. The van der Waals surface area contributed by atoms with Crippen LogP contribution in [0.15, 0.2) is 30.3 Å². The van der Waals surface area contributed by atoms with Crippen molar-refractivity contribution >= 4 is 11.9 Å². The molecule has 1 aromatic rings. The smallest absolute Gasteiger partial charge is 0.315 e. The summed E-state index contributed by atoms with van der Waals surface area (Å²) >= 11 is 0. The molecule has 0 aliphatic carbocycles. The molecule has 3 amide bonds. The molecule has 0 saturated carbocycles. The number of hydrogen-bond donors (Lipinski definition) is 2. The summed E-state index contributed by atoms with van der Waals surface area (Å²) in [4.78, 5) is 26.0. The summed E-state index contributed by atoms with van der Waals surface area (Å²) in [5.74, 6) is 0.0203. The molecule has 2 N–H and O–H groups in total. The number of amides is 3. The van der Waals surface area contributed by atoms with E-state index >= 15 is 0 Å². The maximum absolute atomic E-state index is 12.4. The van der Waals surface area contributed by atoms with Crippen LogP contribution in [0.4, 0.5) is 4.79 Å². The third-order valence-electron chi connectivity index (χ3n) is 3.66. The van der Waals surface area contributed by atoms with E-state index in [1.54, 1.807) is 12.0 Å². The summed E-state index contributed by atoms with van der Waals surface area (Å²) in [7, 11) is 1.59. The molecule has 6 heteroatoms. The van der Waals surface area contributed by atoms with E-state index in [4.69, 9.17) is 4.74 Å². The summed E-state index contributed by atoms with van der Waals surface area (Å²) in [5, 5.41) is 5.64. The van der Waals surface area contributed by atoms with E-state index in [0.29, 0.717) is 25.3 Å². The van der Waals surface area contributed by atoms with E-state index in [0.717, 1.165) is 19.4 Å². The molecule has 120 valence electrons. The van der Waals surface area contributed by atoms with E-state index in [2.05, 4.69) is 10.6 Å². The van der Waals surface area contributed by atoms with E-state index in [1.165, 1.54) is 0 Å². The molecule has 0 radical (unpaired) electrons. The number of piperidine rings is 1. The lowest BCUT2D eigenvalue weighted by atomic mass is 10.0. The Balaban J connectivity index is 1.84. The van der Waals surface area contributed by atoms with Crippen LogP contribution in [-0.2, 0) is 4.74 Å². The lowest BCUT2D eigenvalue weighted by Gasteiger charge is -2.33. The van der Waals surface area contributed by atoms with Crippen molar-refractivity contribution in [1.29, 1.82) is 0 Å². The zero-order valence-electron chi connectivity index (χ0n) is 12.9. The number of nitrogens with one attached hydrogen (secondary N) is 2. The highest BCUT2D eigenvalue weighted by molar-refractivity contribution is 5.94. The highest BCUT2D eigenvalue weighted by Crippen LogP contribution is 2.13. The Labute approximate surface area is 130 Å². The van der Waals surface area contributed by atoms with Gasteiger partial charge in [-0.2, -0.15) is 0 Å². The monoisotopic (exact) mass is 305 g/mol. The Morgan fingerprint density at radius 3 is 2.82 bits per heavy atom. The second-order valence-electron chi connectivity index (χ2n) is 5.35. The Hall–Kier alpha value is -2.08. The van der Waals surface area contributed by atoms with E-state index in [-0.39, 0.29) is 18.0 Å². The molecule has 0 unspecified atom stereocenters. The largest absolute Gasteiger partial charge is 0.383 e. The second kappa shape index (κ2) is 8.38. The van der Waals surface area contributed by atoms with Gasteiger partial charge >= 0.3 is 6.03 Å². The summed E-state index contributed by atoms with van der Waals surface area (Å²) in [5.41, 5.74) is 0.688. The number of carbonyl (C=O) groups excluding carboxylic acids is 2. The Bertz CT molecular complexity index is 493. The number of likely N-dealkylation sites (tertiary alicyclic amines) is 1. The van der Waals surface area contributed by atoms with E-state index in [1.807, 2.05) is 30.3 Å². The molecule has 1 saturated heterocycles. The van der Waals surface area contributed by atoms with Gasteiger partial charge in [-0.1, -0.05) is 18.2 Å². The fourth-order valence-electron chi connectivity index (χ4n) is 2.55. The number of methoxy groups -OCH3 is 1. The third-order valence-corrected chi connectivity index (χ3v) is 3.66. The molecule has 0 aromatic heterocycles. The van der Waals surface area contributed by atoms with Crippen molar-refractivity contribution in [1.82, 2.24) is 15.5 Å². The van der Waals surface area contributed by atoms with E-state index in [9.17, 15) is 9.59 Å². The molecule has 1 aliphatic heterocycles. The standard InChI is InChI=1S/C16H23N3O3/c1-22-11-9-17-16(21)18-14-8-5-10-19(12-14)15(20)13-6-3-2-4-7-13/h2-4,6-7,14H,5,8-12H2,1H3,(H2,17,18,21)/t14-/m1/s1. The fourth-order valence-corrected chi connectivity index (χ4v) is 2.55. The molecule has 22 heavy (non-hydrogen) atoms. The molecule has 1 atom stereocenters. The SMILES string of the molecule is COCCNC(=O)N[C@@H]1CCCN(C(=O)c2ccccc2)C1. The topological polar surface area (TPSA) is 70.7 Å². The fraction of sp³-hybridized carbons (Fsp3) is 0.500. The minimum atomic E-state index is -0.212. The summed E-state index contributed by atoms with van der Waals surface area (Å²) in [6, 6.07) is 9.02. The predicted molar refractivity (Wildman–Crippen MR) is 83.8 cm³/mol. The van der Waals surface area contributed by atoms with Gasteiger partial charge in [-0.25, -0.2) is 4.79 Å². The van der Waals surface area contributed by atoms with Crippen molar-refractivity contribution in [3.63, 3.8) is 0 Å². The van der Waals surface area contributed by atoms with Crippen LogP contribution in [0, 0.1) is 0 Å². The van der Waals surface area contributed by atoms with Gasteiger partial charge in [0.05, 0.1) is 6.61 Å². The summed E-state index contributed by atoms with van der Waals surface area (Å²) < 4.78 is 4.88. The van der Waals surface area contributed by atoms with Gasteiger partial charge in [0.1, 0.15) is 0 Å². The maximum Gasteiger partial charge on any atom is 0.315 e. The van der Waals surface area contributed by atoms with Gasteiger partial charge in [0, 0.05) is 38.3 Å². The van der Waals surface area contributed by atoms with Crippen LogP contribution in [0.1, 0.15) is 23.2 Å². The van der Waals surface area contributed by atoms with Crippen molar-refractivity contribution in [2.45, 2.75) is 18.9 Å². The Morgan fingerprint density at radius 2 is 2.09 bits per heavy atom. The highest BCUT2D eigenvalue weighted by Gasteiger charge is 2.25. The Morgan fingerprint density at radius 1 is 1.32 bits per heavy atom. The number of urea groups is 1. The molecule has 1 heterocycles. The lowest BCUT2D eigenvalue weighted by Crippen LogP contribution is -2.52. The van der Waals surface area contributed by atoms with E-state index < -0.39 is 0 Å². The van der Waals surface area contributed by atoms with Gasteiger partial charge < -0.3 is 20.3 Å². The third kappa shape index (κ3) is 4.73. The van der Waals surface area contributed by atoms with Gasteiger partial charge in [0.15, 0.2) is 0 Å². The first-order valence-corrected chi connectivity index (χ1v) is 7.58. The Kier molecular flexibility index (Phi) is 6.21. The molecule has 1 aliphatic rings. The molecule has 6 nitrogen and oxygen atoms in total. The van der Waals surface area contributed by atoms with Gasteiger partial charge in [-0.3, -0.25) is 4.79 Å². The van der Waals surface area contributed by atoms with Gasteiger partial charge in [0.25, 0.3) is 5.91 Å². The number of hydrogen-bond acceptors (Lipinski definition) is 3. The van der Waals surface area contributed by atoms with Crippen LogP contribution in [0.2, 0.25) is 0 Å². The number of rotatable bonds is 5. The number of carbonyl (C=O) groups is 2. The highest BCUT2D eigenvalue weighted by atomic mass is 16.5. The molecular weight excluding hydrogens is 282 g/mol. The van der Waals surface area contributed by atoms with Crippen molar-refractivity contribution in [3.05, 3.63) is 35.9 Å². The average Bonchev–Trinajstić information content (AvgIpc) is 2.55. The molecule has 0 spiro atoms. The van der Waals surface area contributed by atoms with Crippen molar-refractivity contribution < 1.29 is 14.3 Å². The zero-order chi connectivity index (χ0) is 15.8. The number of ether oxygens (including phenoxy) is 1. The summed E-state index contributed by atoms with van der Waals surface area (Å²) in [6.07, 6.45) is 1.78. The molecule has 1 fully saturated rings. The lowest BCUT2D eigenvalue weighted by molar-refractivity contribution is 0.0697. The predicted octanol–water partition coefficient (Wildman–Crippen LogP) is 1.24. The van der Waals surface area contributed by atoms with Crippen LogP contribution >= 0.6 is 0 Å². The van der Waals surface area contributed by atoms with Crippen molar-refractivity contribution in [2.24, 2.45) is 0 Å². The number of nitrogens with zero attached hydrogens (tertiary/aromatic N) is 1. The molecular formula is C16H23N3O3. The van der Waals surface area contributed by atoms with Crippen molar-refractivity contribution in [2.75, 3.05) is 33.4 Å². The molecule has 1 aromatic carbocycles. The van der Waals surface area contributed by atoms with Gasteiger partial charge in [-0.05, 0) is 25.0 Å². The van der Waals surface area contributed by atoms with Crippen LogP contribution in [0.5, 0.6) is 0 Å².